The molecule has 3 heterocycles. The van der Waals surface area contributed by atoms with Crippen molar-refractivity contribution in [3.63, 3.8) is 0 Å². The number of rotatable bonds is 7. The Morgan fingerprint density at radius 1 is 1.11 bits per heavy atom. The predicted molar refractivity (Wildman–Crippen MR) is 102 cm³/mol. The van der Waals surface area contributed by atoms with Crippen LogP contribution in [0.4, 0.5) is 11.8 Å². The maximum absolute atomic E-state index is 5.42. The van der Waals surface area contributed by atoms with Gasteiger partial charge in [-0.15, -0.1) is 0 Å². The Labute approximate surface area is 158 Å². The third kappa shape index (κ3) is 4.58. The molecular weight excluding hydrogens is 346 g/mol. The smallest absolute Gasteiger partial charge is 0.231 e. The number of anilines is 2. The number of aryl methyl sites for hydroxylation is 1. The third-order valence-electron chi connectivity index (χ3n) is 4.68. The van der Waals surface area contributed by atoms with Crippen molar-refractivity contribution in [2.75, 3.05) is 56.8 Å². The van der Waals surface area contributed by atoms with Crippen LogP contribution in [0.15, 0.2) is 24.4 Å². The van der Waals surface area contributed by atoms with Crippen LogP contribution in [0.25, 0.3) is 0 Å². The molecule has 0 amide bonds. The lowest BCUT2D eigenvalue weighted by molar-refractivity contribution is 0.0398. The van der Waals surface area contributed by atoms with Crippen LogP contribution in [0.5, 0.6) is 11.5 Å². The summed E-state index contributed by atoms with van der Waals surface area (Å²) < 4.78 is 16.1. The van der Waals surface area contributed by atoms with E-state index in [9.17, 15) is 0 Å². The quantitative estimate of drug-likeness (QED) is 0.764. The van der Waals surface area contributed by atoms with E-state index in [1.165, 1.54) is 0 Å². The zero-order valence-corrected chi connectivity index (χ0v) is 15.5. The van der Waals surface area contributed by atoms with Crippen molar-refractivity contribution in [2.45, 2.75) is 13.5 Å². The number of aromatic nitrogens is 2. The monoisotopic (exact) mass is 371 g/mol. The standard InChI is InChI=1S/C19H25N5O3/c1-14-11-21-19(22-12-15-2-3-16-17(10-15)27-13-26-16)23-18(14)20-4-5-24-6-8-25-9-7-24/h2-3,10-11H,4-9,12-13H2,1H3,(H2,20,21,22,23). The van der Waals surface area contributed by atoms with Gasteiger partial charge in [0.25, 0.3) is 0 Å². The van der Waals surface area contributed by atoms with Crippen LogP contribution in [0.1, 0.15) is 11.1 Å². The zero-order valence-electron chi connectivity index (χ0n) is 15.5. The third-order valence-corrected chi connectivity index (χ3v) is 4.68. The second-order valence-corrected chi connectivity index (χ2v) is 6.65. The van der Waals surface area contributed by atoms with Gasteiger partial charge in [0.15, 0.2) is 11.5 Å². The van der Waals surface area contributed by atoms with E-state index in [4.69, 9.17) is 14.2 Å². The second kappa shape index (κ2) is 8.41. The van der Waals surface area contributed by atoms with Crippen molar-refractivity contribution in [1.29, 1.82) is 0 Å². The van der Waals surface area contributed by atoms with Gasteiger partial charge in [-0.3, -0.25) is 4.90 Å². The maximum Gasteiger partial charge on any atom is 0.231 e. The first-order valence-corrected chi connectivity index (χ1v) is 9.28. The summed E-state index contributed by atoms with van der Waals surface area (Å²) in [6.07, 6.45) is 1.84. The summed E-state index contributed by atoms with van der Waals surface area (Å²) in [5.74, 6) is 3.04. The SMILES string of the molecule is Cc1cnc(NCc2ccc3c(c2)OCO3)nc1NCCN1CCOCC1. The van der Waals surface area contributed by atoms with Gasteiger partial charge < -0.3 is 24.8 Å². The molecule has 2 aromatic rings. The molecule has 2 N–H and O–H groups in total. The van der Waals surface area contributed by atoms with E-state index < -0.39 is 0 Å². The van der Waals surface area contributed by atoms with Crippen LogP contribution < -0.4 is 20.1 Å². The topological polar surface area (TPSA) is 80.8 Å². The molecule has 0 bridgehead atoms. The molecule has 0 spiro atoms. The summed E-state index contributed by atoms with van der Waals surface area (Å²) in [5.41, 5.74) is 2.12. The summed E-state index contributed by atoms with van der Waals surface area (Å²) in [5, 5.41) is 6.70. The molecule has 27 heavy (non-hydrogen) atoms. The summed E-state index contributed by atoms with van der Waals surface area (Å²) in [4.78, 5) is 11.4. The zero-order chi connectivity index (χ0) is 18.5. The molecule has 4 rings (SSSR count). The minimum absolute atomic E-state index is 0.284. The van der Waals surface area contributed by atoms with Crippen molar-refractivity contribution in [3.05, 3.63) is 35.5 Å². The Kier molecular flexibility index (Phi) is 5.55. The van der Waals surface area contributed by atoms with E-state index in [-0.39, 0.29) is 6.79 Å². The van der Waals surface area contributed by atoms with Crippen LogP contribution >= 0.6 is 0 Å². The lowest BCUT2D eigenvalue weighted by Crippen LogP contribution is -2.39. The minimum Gasteiger partial charge on any atom is -0.454 e. The number of hydrogen-bond acceptors (Lipinski definition) is 8. The van der Waals surface area contributed by atoms with Gasteiger partial charge in [-0.2, -0.15) is 4.98 Å². The lowest BCUT2D eigenvalue weighted by Gasteiger charge is -2.26. The van der Waals surface area contributed by atoms with Crippen molar-refractivity contribution in [2.24, 2.45) is 0 Å². The molecular formula is C19H25N5O3. The molecule has 2 aliphatic rings. The van der Waals surface area contributed by atoms with Gasteiger partial charge >= 0.3 is 0 Å². The molecule has 0 atom stereocenters. The first-order chi connectivity index (χ1) is 13.3. The number of hydrogen-bond donors (Lipinski definition) is 2. The Morgan fingerprint density at radius 2 is 1.96 bits per heavy atom. The summed E-state index contributed by atoms with van der Waals surface area (Å²) in [6.45, 7) is 8.37. The minimum atomic E-state index is 0.284. The Hall–Kier alpha value is -2.58. The molecule has 0 aliphatic carbocycles. The van der Waals surface area contributed by atoms with E-state index in [2.05, 4.69) is 25.5 Å². The van der Waals surface area contributed by atoms with Crippen molar-refractivity contribution >= 4 is 11.8 Å². The highest BCUT2D eigenvalue weighted by atomic mass is 16.7. The number of nitrogens with one attached hydrogen (secondary N) is 2. The highest BCUT2D eigenvalue weighted by molar-refractivity contribution is 5.48. The van der Waals surface area contributed by atoms with E-state index in [0.717, 1.165) is 67.8 Å². The fourth-order valence-electron chi connectivity index (χ4n) is 3.10. The van der Waals surface area contributed by atoms with Crippen LogP contribution in [0.3, 0.4) is 0 Å². The van der Waals surface area contributed by atoms with Crippen LogP contribution in [-0.2, 0) is 11.3 Å². The summed E-state index contributed by atoms with van der Waals surface area (Å²) in [6, 6.07) is 5.91. The van der Waals surface area contributed by atoms with E-state index in [1.54, 1.807) is 0 Å². The number of morpholine rings is 1. The summed E-state index contributed by atoms with van der Waals surface area (Å²) >= 11 is 0. The molecule has 1 aromatic carbocycles. The Bertz CT molecular complexity index is 780. The Balaban J connectivity index is 1.31. The van der Waals surface area contributed by atoms with Gasteiger partial charge in [0.05, 0.1) is 13.2 Å². The summed E-state index contributed by atoms with van der Waals surface area (Å²) in [7, 11) is 0. The molecule has 2 aliphatic heterocycles. The second-order valence-electron chi connectivity index (χ2n) is 6.65. The van der Waals surface area contributed by atoms with Crippen molar-refractivity contribution in [1.82, 2.24) is 14.9 Å². The van der Waals surface area contributed by atoms with E-state index in [0.29, 0.717) is 12.5 Å². The van der Waals surface area contributed by atoms with Crippen molar-refractivity contribution in [3.8, 4) is 11.5 Å². The first kappa shape index (κ1) is 17.8. The number of ether oxygens (including phenoxy) is 3. The fraction of sp³-hybridized carbons (Fsp3) is 0.474. The molecule has 8 nitrogen and oxygen atoms in total. The van der Waals surface area contributed by atoms with Gasteiger partial charge in [-0.25, -0.2) is 4.98 Å². The van der Waals surface area contributed by atoms with Crippen LogP contribution in [-0.4, -0.2) is 61.1 Å². The van der Waals surface area contributed by atoms with Gasteiger partial charge in [0, 0.05) is 44.5 Å². The first-order valence-electron chi connectivity index (χ1n) is 9.28. The lowest BCUT2D eigenvalue weighted by atomic mass is 10.2. The fourth-order valence-corrected chi connectivity index (χ4v) is 3.10. The number of fused-ring (bicyclic) bond motifs is 1. The van der Waals surface area contributed by atoms with Crippen LogP contribution in [0, 0.1) is 6.92 Å². The highest BCUT2D eigenvalue weighted by Gasteiger charge is 2.13. The molecule has 1 fully saturated rings. The maximum atomic E-state index is 5.42. The molecule has 144 valence electrons. The molecule has 1 aromatic heterocycles. The normalized spacial score (nSPS) is 16.3. The largest absolute Gasteiger partial charge is 0.454 e. The Morgan fingerprint density at radius 3 is 2.85 bits per heavy atom. The van der Waals surface area contributed by atoms with Crippen molar-refractivity contribution < 1.29 is 14.2 Å². The average molecular weight is 371 g/mol. The van der Waals surface area contributed by atoms with Crippen LogP contribution in [0.2, 0.25) is 0 Å². The van der Waals surface area contributed by atoms with Gasteiger partial charge in [-0.05, 0) is 24.6 Å². The molecule has 8 heteroatoms. The van der Waals surface area contributed by atoms with E-state index in [1.807, 2.05) is 31.3 Å². The molecule has 0 saturated carbocycles. The molecule has 0 radical (unpaired) electrons. The highest BCUT2D eigenvalue weighted by Crippen LogP contribution is 2.32. The van der Waals surface area contributed by atoms with Gasteiger partial charge in [0.2, 0.25) is 12.7 Å². The molecule has 1 saturated heterocycles. The predicted octanol–water partition coefficient (Wildman–Crippen LogP) is 1.87. The molecule has 0 unspecified atom stereocenters. The van der Waals surface area contributed by atoms with Gasteiger partial charge in [0.1, 0.15) is 5.82 Å². The average Bonchev–Trinajstić information content (AvgIpc) is 3.17. The van der Waals surface area contributed by atoms with E-state index >= 15 is 0 Å². The number of nitrogens with zero attached hydrogens (tertiary/aromatic N) is 3. The number of benzene rings is 1. The van der Waals surface area contributed by atoms with Gasteiger partial charge in [-0.1, -0.05) is 6.07 Å².